The molecule has 2 rings (SSSR count). The second kappa shape index (κ2) is 4.77. The van der Waals surface area contributed by atoms with Gasteiger partial charge in [-0.2, -0.15) is 0 Å². The highest BCUT2D eigenvalue weighted by molar-refractivity contribution is 5.95. The number of Topliss-reactive ketones (excluding diaryl/α,β-unsaturated/α-hetero) is 1. The lowest BCUT2D eigenvalue weighted by Gasteiger charge is -2.11. The molecule has 2 aromatic rings. The van der Waals surface area contributed by atoms with Crippen LogP contribution in [0, 0.1) is 20.8 Å². The first-order chi connectivity index (χ1) is 8.49. The van der Waals surface area contributed by atoms with Crippen molar-refractivity contribution in [3.05, 3.63) is 58.7 Å². The third-order valence-corrected chi connectivity index (χ3v) is 3.32. The molecule has 0 radical (unpaired) electrons. The van der Waals surface area contributed by atoms with Gasteiger partial charge in [-0.1, -0.05) is 35.9 Å². The molecule has 0 saturated heterocycles. The number of carbonyl (C=O) groups is 1. The highest BCUT2D eigenvalue weighted by Crippen LogP contribution is 2.28. The van der Waals surface area contributed by atoms with E-state index in [1.807, 2.05) is 18.2 Å². The Labute approximate surface area is 108 Å². The van der Waals surface area contributed by atoms with Gasteiger partial charge in [-0.15, -0.1) is 0 Å². The minimum atomic E-state index is 0.116. The molecule has 1 nitrogen and oxygen atoms in total. The van der Waals surface area contributed by atoms with Crippen molar-refractivity contribution in [1.82, 2.24) is 0 Å². The van der Waals surface area contributed by atoms with Crippen LogP contribution in [0.15, 0.2) is 36.4 Å². The summed E-state index contributed by atoms with van der Waals surface area (Å²) in [6.45, 7) is 7.88. The van der Waals surface area contributed by atoms with E-state index < -0.39 is 0 Å². The minimum absolute atomic E-state index is 0.116. The summed E-state index contributed by atoms with van der Waals surface area (Å²) in [7, 11) is 0. The van der Waals surface area contributed by atoms with Crippen LogP contribution < -0.4 is 0 Å². The number of rotatable bonds is 2. The Kier molecular flexibility index (Phi) is 3.33. The van der Waals surface area contributed by atoms with Crippen molar-refractivity contribution in [3.8, 4) is 11.1 Å². The van der Waals surface area contributed by atoms with Crippen molar-refractivity contribution < 1.29 is 4.79 Å². The van der Waals surface area contributed by atoms with E-state index in [4.69, 9.17) is 0 Å². The summed E-state index contributed by atoms with van der Waals surface area (Å²) in [5, 5.41) is 0. The number of hydrogen-bond donors (Lipinski definition) is 0. The highest BCUT2D eigenvalue weighted by Gasteiger charge is 2.07. The SMILES string of the molecule is CC(=O)c1ccc(-c2cc(C)ccc2C)c(C)c1. The average Bonchev–Trinajstić information content (AvgIpc) is 2.32. The molecule has 0 saturated carbocycles. The fraction of sp³-hybridized carbons (Fsp3) is 0.235. The average molecular weight is 238 g/mol. The van der Waals surface area contributed by atoms with Crippen LogP contribution in [0.1, 0.15) is 34.0 Å². The van der Waals surface area contributed by atoms with E-state index in [1.165, 1.54) is 22.3 Å². The van der Waals surface area contributed by atoms with Gasteiger partial charge < -0.3 is 0 Å². The van der Waals surface area contributed by atoms with Crippen molar-refractivity contribution in [2.45, 2.75) is 27.7 Å². The van der Waals surface area contributed by atoms with Gasteiger partial charge in [-0.3, -0.25) is 4.79 Å². The van der Waals surface area contributed by atoms with Gasteiger partial charge in [0.1, 0.15) is 0 Å². The van der Waals surface area contributed by atoms with Crippen LogP contribution in [-0.4, -0.2) is 5.78 Å². The van der Waals surface area contributed by atoms with E-state index in [-0.39, 0.29) is 5.78 Å². The van der Waals surface area contributed by atoms with Gasteiger partial charge >= 0.3 is 0 Å². The second-order valence-electron chi connectivity index (χ2n) is 4.90. The minimum Gasteiger partial charge on any atom is -0.295 e. The number of hydrogen-bond acceptors (Lipinski definition) is 1. The van der Waals surface area contributed by atoms with Gasteiger partial charge in [0.2, 0.25) is 0 Å². The fourth-order valence-electron chi connectivity index (χ4n) is 2.21. The Morgan fingerprint density at radius 2 is 1.56 bits per heavy atom. The summed E-state index contributed by atoms with van der Waals surface area (Å²) in [6, 6.07) is 12.4. The summed E-state index contributed by atoms with van der Waals surface area (Å²) in [5.41, 5.74) is 6.91. The van der Waals surface area contributed by atoms with Crippen LogP contribution in [0.2, 0.25) is 0 Å². The van der Waals surface area contributed by atoms with Gasteiger partial charge in [-0.25, -0.2) is 0 Å². The van der Waals surface area contributed by atoms with Crippen LogP contribution in [-0.2, 0) is 0 Å². The molecule has 0 fully saturated rings. The molecule has 1 heteroatoms. The van der Waals surface area contributed by atoms with Crippen molar-refractivity contribution in [3.63, 3.8) is 0 Å². The zero-order valence-electron chi connectivity index (χ0n) is 11.4. The van der Waals surface area contributed by atoms with Crippen molar-refractivity contribution in [2.75, 3.05) is 0 Å². The Hall–Kier alpha value is -1.89. The maximum Gasteiger partial charge on any atom is 0.159 e. The molecule has 0 aliphatic heterocycles. The van der Waals surface area contributed by atoms with Crippen molar-refractivity contribution in [2.24, 2.45) is 0 Å². The smallest absolute Gasteiger partial charge is 0.159 e. The number of ketones is 1. The lowest BCUT2D eigenvalue weighted by atomic mass is 9.93. The van der Waals surface area contributed by atoms with Crippen LogP contribution >= 0.6 is 0 Å². The van der Waals surface area contributed by atoms with Crippen molar-refractivity contribution in [1.29, 1.82) is 0 Å². The zero-order chi connectivity index (χ0) is 13.3. The highest BCUT2D eigenvalue weighted by atomic mass is 16.1. The Bertz CT molecular complexity index is 609. The van der Waals surface area contributed by atoms with E-state index in [0.717, 1.165) is 11.1 Å². The van der Waals surface area contributed by atoms with Crippen LogP contribution in [0.5, 0.6) is 0 Å². The molecule has 0 aromatic heterocycles. The van der Waals surface area contributed by atoms with Gasteiger partial charge in [0.05, 0.1) is 0 Å². The summed E-state index contributed by atoms with van der Waals surface area (Å²) < 4.78 is 0. The third kappa shape index (κ3) is 2.35. The molecular weight excluding hydrogens is 220 g/mol. The monoisotopic (exact) mass is 238 g/mol. The topological polar surface area (TPSA) is 17.1 Å². The van der Waals surface area contributed by atoms with E-state index >= 15 is 0 Å². The molecular formula is C17H18O. The van der Waals surface area contributed by atoms with Crippen molar-refractivity contribution >= 4 is 5.78 Å². The van der Waals surface area contributed by atoms with Crippen LogP contribution in [0.3, 0.4) is 0 Å². The van der Waals surface area contributed by atoms with E-state index in [0.29, 0.717) is 0 Å². The summed E-state index contributed by atoms with van der Waals surface area (Å²) >= 11 is 0. The van der Waals surface area contributed by atoms with E-state index in [2.05, 4.69) is 39.0 Å². The number of carbonyl (C=O) groups excluding carboxylic acids is 1. The van der Waals surface area contributed by atoms with E-state index in [1.54, 1.807) is 6.92 Å². The largest absolute Gasteiger partial charge is 0.295 e. The summed E-state index contributed by atoms with van der Waals surface area (Å²) in [4.78, 5) is 11.4. The molecule has 0 spiro atoms. The number of aryl methyl sites for hydroxylation is 3. The Morgan fingerprint density at radius 1 is 0.833 bits per heavy atom. The molecule has 0 aliphatic rings. The molecule has 0 amide bonds. The molecule has 0 N–H and O–H groups in total. The van der Waals surface area contributed by atoms with Gasteiger partial charge in [0.15, 0.2) is 5.78 Å². The Balaban J connectivity index is 2.58. The third-order valence-electron chi connectivity index (χ3n) is 3.32. The molecule has 0 atom stereocenters. The molecule has 0 unspecified atom stereocenters. The Morgan fingerprint density at radius 3 is 2.17 bits per heavy atom. The van der Waals surface area contributed by atoms with Crippen LogP contribution in [0.25, 0.3) is 11.1 Å². The maximum absolute atomic E-state index is 11.4. The number of benzene rings is 2. The van der Waals surface area contributed by atoms with Gasteiger partial charge in [-0.05, 0) is 56.0 Å². The molecule has 92 valence electrons. The molecule has 0 heterocycles. The predicted molar refractivity (Wildman–Crippen MR) is 76.1 cm³/mol. The molecule has 0 bridgehead atoms. The first kappa shape index (κ1) is 12.6. The maximum atomic E-state index is 11.4. The van der Waals surface area contributed by atoms with Gasteiger partial charge in [0.25, 0.3) is 0 Å². The lowest BCUT2D eigenvalue weighted by Crippen LogP contribution is -1.95. The zero-order valence-corrected chi connectivity index (χ0v) is 11.4. The van der Waals surface area contributed by atoms with Crippen LogP contribution in [0.4, 0.5) is 0 Å². The van der Waals surface area contributed by atoms with E-state index in [9.17, 15) is 4.79 Å². The second-order valence-corrected chi connectivity index (χ2v) is 4.90. The first-order valence-corrected chi connectivity index (χ1v) is 6.18. The van der Waals surface area contributed by atoms with Gasteiger partial charge in [0, 0.05) is 5.56 Å². The predicted octanol–water partition coefficient (Wildman–Crippen LogP) is 4.48. The fourth-order valence-corrected chi connectivity index (χ4v) is 2.21. The molecule has 18 heavy (non-hydrogen) atoms. The quantitative estimate of drug-likeness (QED) is 0.705. The lowest BCUT2D eigenvalue weighted by molar-refractivity contribution is 0.101. The summed E-state index contributed by atoms with van der Waals surface area (Å²) in [5.74, 6) is 0.116. The molecule has 2 aromatic carbocycles. The summed E-state index contributed by atoms with van der Waals surface area (Å²) in [6.07, 6.45) is 0. The first-order valence-electron chi connectivity index (χ1n) is 6.18. The normalized spacial score (nSPS) is 10.4. The standard InChI is InChI=1S/C17H18O/c1-11-5-6-12(2)17(9-11)16-8-7-15(14(4)18)10-13(16)3/h5-10H,1-4H3. The molecule has 0 aliphatic carbocycles.